The molecule has 0 saturated carbocycles. The van der Waals surface area contributed by atoms with Gasteiger partial charge in [-0.15, -0.1) is 11.6 Å². The Hall–Kier alpha value is -0.310. The van der Waals surface area contributed by atoms with E-state index in [-0.39, 0.29) is 10.8 Å². The van der Waals surface area contributed by atoms with Crippen LogP contribution in [0.2, 0.25) is 5.02 Å². The predicted octanol–water partition coefficient (Wildman–Crippen LogP) is 3.15. The smallest absolute Gasteiger partial charge is 0.146 e. The van der Waals surface area contributed by atoms with Crippen LogP contribution in [0.25, 0.3) is 0 Å². The first kappa shape index (κ1) is 11.8. The van der Waals surface area contributed by atoms with Gasteiger partial charge in [0.05, 0.1) is 5.02 Å². The molecule has 0 aliphatic heterocycles. The van der Waals surface area contributed by atoms with Crippen molar-refractivity contribution in [1.82, 2.24) is 4.90 Å². The molecule has 0 fully saturated rings. The van der Waals surface area contributed by atoms with Crippen molar-refractivity contribution < 1.29 is 4.39 Å². The van der Waals surface area contributed by atoms with Crippen LogP contribution in [-0.2, 0) is 6.54 Å². The number of rotatable bonds is 4. The molecule has 1 rings (SSSR count). The second-order valence-corrected chi connectivity index (χ2v) is 3.92. The molecule has 0 heterocycles. The van der Waals surface area contributed by atoms with Crippen LogP contribution in [0.1, 0.15) is 5.56 Å². The van der Waals surface area contributed by atoms with E-state index in [1.54, 1.807) is 18.2 Å². The average Bonchev–Trinajstić information content (AvgIpc) is 2.13. The normalized spacial score (nSPS) is 10.9. The van der Waals surface area contributed by atoms with E-state index in [0.29, 0.717) is 18.0 Å². The van der Waals surface area contributed by atoms with Crippen LogP contribution in [0.5, 0.6) is 0 Å². The van der Waals surface area contributed by atoms with Crippen LogP contribution in [-0.4, -0.2) is 24.4 Å². The fourth-order valence-corrected chi connectivity index (χ4v) is 1.67. The van der Waals surface area contributed by atoms with Crippen LogP contribution >= 0.6 is 23.2 Å². The van der Waals surface area contributed by atoms with Gasteiger partial charge in [-0.25, -0.2) is 4.39 Å². The molecule has 0 aliphatic carbocycles. The summed E-state index contributed by atoms with van der Waals surface area (Å²) >= 11 is 11.2. The molecule has 0 N–H and O–H groups in total. The molecule has 0 aliphatic rings. The first-order valence-electron chi connectivity index (χ1n) is 4.32. The van der Waals surface area contributed by atoms with Crippen molar-refractivity contribution in [2.24, 2.45) is 0 Å². The molecule has 0 radical (unpaired) electrons. The number of hydrogen-bond acceptors (Lipinski definition) is 1. The third kappa shape index (κ3) is 3.12. The predicted molar refractivity (Wildman–Crippen MR) is 58.5 cm³/mol. The van der Waals surface area contributed by atoms with E-state index in [2.05, 4.69) is 0 Å². The quantitative estimate of drug-likeness (QED) is 0.726. The van der Waals surface area contributed by atoms with E-state index in [4.69, 9.17) is 23.2 Å². The summed E-state index contributed by atoms with van der Waals surface area (Å²) in [6, 6.07) is 5.02. The minimum atomic E-state index is -0.337. The number of hydrogen-bond donors (Lipinski definition) is 0. The Morgan fingerprint density at radius 2 is 2.14 bits per heavy atom. The second kappa shape index (κ2) is 5.54. The molecule has 0 saturated heterocycles. The topological polar surface area (TPSA) is 3.24 Å². The van der Waals surface area contributed by atoms with Crippen molar-refractivity contribution in [3.63, 3.8) is 0 Å². The van der Waals surface area contributed by atoms with Gasteiger partial charge >= 0.3 is 0 Å². The molecular weight excluding hydrogens is 224 g/mol. The third-order valence-electron chi connectivity index (χ3n) is 1.94. The lowest BCUT2D eigenvalue weighted by atomic mass is 10.2. The van der Waals surface area contributed by atoms with Gasteiger partial charge in [-0.2, -0.15) is 0 Å². The molecule has 0 bridgehead atoms. The van der Waals surface area contributed by atoms with Gasteiger partial charge in [0.1, 0.15) is 5.82 Å². The summed E-state index contributed by atoms with van der Waals surface area (Å²) in [6.45, 7) is 1.26. The summed E-state index contributed by atoms with van der Waals surface area (Å²) < 4.78 is 13.4. The summed E-state index contributed by atoms with van der Waals surface area (Å²) in [5.74, 6) is 0.203. The summed E-state index contributed by atoms with van der Waals surface area (Å²) in [5, 5.41) is 0.168. The van der Waals surface area contributed by atoms with Crippen molar-refractivity contribution >= 4 is 23.2 Å². The molecule has 0 spiro atoms. The van der Waals surface area contributed by atoms with E-state index in [9.17, 15) is 4.39 Å². The Balaban J connectivity index is 2.71. The van der Waals surface area contributed by atoms with Gasteiger partial charge in [0.25, 0.3) is 0 Å². The van der Waals surface area contributed by atoms with Crippen molar-refractivity contribution in [3.05, 3.63) is 34.6 Å². The minimum absolute atomic E-state index is 0.168. The SMILES string of the molecule is CN(CCCl)Cc1cccc(Cl)c1F. The number of benzene rings is 1. The van der Waals surface area contributed by atoms with E-state index >= 15 is 0 Å². The lowest BCUT2D eigenvalue weighted by molar-refractivity contribution is 0.341. The largest absolute Gasteiger partial charge is 0.301 e. The number of alkyl halides is 1. The van der Waals surface area contributed by atoms with Crippen molar-refractivity contribution in [1.29, 1.82) is 0 Å². The van der Waals surface area contributed by atoms with Crippen LogP contribution in [0, 0.1) is 5.82 Å². The van der Waals surface area contributed by atoms with Gasteiger partial charge in [0.15, 0.2) is 0 Å². The van der Waals surface area contributed by atoms with Crippen molar-refractivity contribution in [2.45, 2.75) is 6.54 Å². The van der Waals surface area contributed by atoms with Crippen LogP contribution in [0.15, 0.2) is 18.2 Å². The molecule has 1 aromatic rings. The monoisotopic (exact) mass is 235 g/mol. The first-order valence-corrected chi connectivity index (χ1v) is 5.23. The van der Waals surface area contributed by atoms with Crippen LogP contribution < -0.4 is 0 Å². The first-order chi connectivity index (χ1) is 6.65. The van der Waals surface area contributed by atoms with Crippen LogP contribution in [0.4, 0.5) is 4.39 Å². The van der Waals surface area contributed by atoms with Gasteiger partial charge in [-0.1, -0.05) is 23.7 Å². The average molecular weight is 236 g/mol. The molecule has 14 heavy (non-hydrogen) atoms. The molecule has 1 nitrogen and oxygen atoms in total. The maximum atomic E-state index is 13.4. The highest BCUT2D eigenvalue weighted by Crippen LogP contribution is 2.18. The van der Waals surface area contributed by atoms with Gasteiger partial charge in [0, 0.05) is 24.5 Å². The van der Waals surface area contributed by atoms with E-state index in [0.717, 1.165) is 6.54 Å². The van der Waals surface area contributed by atoms with Crippen LogP contribution in [0.3, 0.4) is 0 Å². The Morgan fingerprint density at radius 1 is 1.43 bits per heavy atom. The fraction of sp³-hybridized carbons (Fsp3) is 0.400. The lowest BCUT2D eigenvalue weighted by Crippen LogP contribution is -2.20. The highest BCUT2D eigenvalue weighted by molar-refractivity contribution is 6.30. The Kier molecular flexibility index (Phi) is 4.66. The minimum Gasteiger partial charge on any atom is -0.301 e. The Morgan fingerprint density at radius 3 is 2.79 bits per heavy atom. The van der Waals surface area contributed by atoms with Gasteiger partial charge in [-0.05, 0) is 13.1 Å². The lowest BCUT2D eigenvalue weighted by Gasteiger charge is -2.15. The van der Waals surface area contributed by atoms with E-state index < -0.39 is 0 Å². The summed E-state index contributed by atoms with van der Waals surface area (Å²) in [7, 11) is 1.89. The highest BCUT2D eigenvalue weighted by Gasteiger charge is 2.07. The summed E-state index contributed by atoms with van der Waals surface area (Å²) in [5.41, 5.74) is 0.602. The zero-order valence-corrected chi connectivity index (χ0v) is 9.45. The maximum absolute atomic E-state index is 13.4. The Labute approximate surface area is 93.4 Å². The second-order valence-electron chi connectivity index (χ2n) is 3.14. The third-order valence-corrected chi connectivity index (χ3v) is 2.40. The highest BCUT2D eigenvalue weighted by atomic mass is 35.5. The zero-order chi connectivity index (χ0) is 10.6. The summed E-state index contributed by atoms with van der Waals surface area (Å²) in [4.78, 5) is 1.95. The molecule has 1 aromatic carbocycles. The molecule has 78 valence electrons. The van der Waals surface area contributed by atoms with Gasteiger partial charge < -0.3 is 4.90 Å². The van der Waals surface area contributed by atoms with Gasteiger partial charge in [-0.3, -0.25) is 0 Å². The molecule has 0 aromatic heterocycles. The molecule has 0 unspecified atom stereocenters. The fourth-order valence-electron chi connectivity index (χ4n) is 1.18. The standard InChI is InChI=1S/C10H12Cl2FN/c1-14(6-5-11)7-8-3-2-4-9(12)10(8)13/h2-4H,5-7H2,1H3. The molecular formula is C10H12Cl2FN. The molecule has 0 amide bonds. The number of halogens is 3. The zero-order valence-electron chi connectivity index (χ0n) is 7.93. The molecule has 0 atom stereocenters. The maximum Gasteiger partial charge on any atom is 0.146 e. The summed E-state index contributed by atoms with van der Waals surface area (Å²) in [6.07, 6.45) is 0. The number of nitrogens with zero attached hydrogens (tertiary/aromatic N) is 1. The van der Waals surface area contributed by atoms with Crippen molar-refractivity contribution in [2.75, 3.05) is 19.5 Å². The van der Waals surface area contributed by atoms with Crippen molar-refractivity contribution in [3.8, 4) is 0 Å². The molecule has 4 heteroatoms. The van der Waals surface area contributed by atoms with E-state index in [1.807, 2.05) is 11.9 Å². The van der Waals surface area contributed by atoms with E-state index in [1.165, 1.54) is 0 Å². The van der Waals surface area contributed by atoms with Gasteiger partial charge in [0.2, 0.25) is 0 Å². The Bertz CT molecular complexity index is 304.